The van der Waals surface area contributed by atoms with Gasteiger partial charge in [0.2, 0.25) is 5.91 Å². The number of fused-ring (bicyclic) bond motifs is 3. The van der Waals surface area contributed by atoms with Crippen molar-refractivity contribution in [3.63, 3.8) is 0 Å². The molecule has 0 saturated carbocycles. The third kappa shape index (κ3) is 3.30. The van der Waals surface area contributed by atoms with Gasteiger partial charge in [0.25, 0.3) is 5.56 Å². The van der Waals surface area contributed by atoms with Crippen LogP contribution in [0.1, 0.15) is 43.2 Å². The number of benzene rings is 1. The van der Waals surface area contributed by atoms with E-state index in [1.165, 1.54) is 15.8 Å². The van der Waals surface area contributed by atoms with Crippen molar-refractivity contribution in [2.24, 2.45) is 0 Å². The second-order valence-corrected chi connectivity index (χ2v) is 8.03. The number of hydrogen-bond donors (Lipinski definition) is 1. The number of nitrogens with one attached hydrogen (secondary N) is 1. The summed E-state index contributed by atoms with van der Waals surface area (Å²) in [4.78, 5) is 32.5. The number of aryl methyl sites for hydroxylation is 2. The maximum atomic E-state index is 13.2. The topological polar surface area (TPSA) is 73.2 Å². The van der Waals surface area contributed by atoms with Gasteiger partial charge >= 0.3 is 0 Å². The van der Waals surface area contributed by atoms with E-state index in [2.05, 4.69) is 10.3 Å². The maximum Gasteiger partial charge on any atom is 0.263 e. The summed E-state index contributed by atoms with van der Waals surface area (Å²) in [5, 5.41) is 3.57. The maximum absolute atomic E-state index is 13.2. The second-order valence-electron chi connectivity index (χ2n) is 6.94. The van der Waals surface area contributed by atoms with E-state index in [4.69, 9.17) is 4.74 Å². The zero-order chi connectivity index (χ0) is 19.7. The van der Waals surface area contributed by atoms with E-state index in [9.17, 15) is 9.59 Å². The van der Waals surface area contributed by atoms with Gasteiger partial charge in [-0.15, -0.1) is 11.3 Å². The minimum absolute atomic E-state index is 0.134. The first-order chi connectivity index (χ1) is 13.6. The first kappa shape index (κ1) is 18.7. The Hall–Kier alpha value is -2.67. The third-order valence-electron chi connectivity index (χ3n) is 5.14. The fourth-order valence-electron chi connectivity index (χ4n) is 3.65. The van der Waals surface area contributed by atoms with Gasteiger partial charge in [-0.05, 0) is 57.2 Å². The highest BCUT2D eigenvalue weighted by atomic mass is 32.1. The Labute approximate surface area is 167 Å². The first-order valence-electron chi connectivity index (χ1n) is 9.64. The van der Waals surface area contributed by atoms with Crippen molar-refractivity contribution in [1.82, 2.24) is 9.55 Å². The predicted octanol–water partition coefficient (Wildman–Crippen LogP) is 3.94. The van der Waals surface area contributed by atoms with E-state index in [-0.39, 0.29) is 11.5 Å². The monoisotopic (exact) mass is 397 g/mol. The van der Waals surface area contributed by atoms with E-state index in [1.54, 1.807) is 30.4 Å². The summed E-state index contributed by atoms with van der Waals surface area (Å²) in [6, 6.07) is 6.60. The van der Waals surface area contributed by atoms with Crippen molar-refractivity contribution in [2.45, 2.75) is 45.6 Å². The number of rotatable bonds is 5. The highest BCUT2D eigenvalue weighted by Gasteiger charge is 2.23. The van der Waals surface area contributed by atoms with E-state index in [0.717, 1.165) is 36.1 Å². The van der Waals surface area contributed by atoms with Crippen LogP contribution in [0.25, 0.3) is 10.2 Å². The van der Waals surface area contributed by atoms with Gasteiger partial charge in [0.15, 0.2) is 0 Å². The van der Waals surface area contributed by atoms with Gasteiger partial charge < -0.3 is 10.1 Å². The van der Waals surface area contributed by atoms with Crippen molar-refractivity contribution < 1.29 is 9.53 Å². The summed E-state index contributed by atoms with van der Waals surface area (Å²) in [5.41, 5.74) is 1.59. The second kappa shape index (κ2) is 7.75. The SMILES string of the molecule is CCOc1ccccc1NC(=O)C(C)n1cnc2sc3c(c2c1=O)CCCC3. The minimum Gasteiger partial charge on any atom is -0.492 e. The van der Waals surface area contributed by atoms with Gasteiger partial charge in [-0.1, -0.05) is 12.1 Å². The summed E-state index contributed by atoms with van der Waals surface area (Å²) in [5.74, 6) is 0.331. The van der Waals surface area contributed by atoms with E-state index >= 15 is 0 Å². The Morgan fingerprint density at radius 1 is 1.32 bits per heavy atom. The molecule has 1 N–H and O–H groups in total. The van der Waals surface area contributed by atoms with Crippen molar-refractivity contribution in [2.75, 3.05) is 11.9 Å². The minimum atomic E-state index is -0.682. The summed E-state index contributed by atoms with van der Waals surface area (Å²) < 4.78 is 7.00. The average molecular weight is 398 g/mol. The molecule has 7 heteroatoms. The van der Waals surface area contributed by atoms with Crippen LogP contribution in [0.3, 0.4) is 0 Å². The molecule has 2 heterocycles. The molecular formula is C21H23N3O3S. The van der Waals surface area contributed by atoms with Gasteiger partial charge in [0.05, 0.1) is 24.0 Å². The average Bonchev–Trinajstić information content (AvgIpc) is 3.09. The van der Waals surface area contributed by atoms with Crippen molar-refractivity contribution in [3.8, 4) is 5.75 Å². The molecule has 1 aliphatic rings. The van der Waals surface area contributed by atoms with Gasteiger partial charge in [-0.2, -0.15) is 0 Å². The molecule has 0 radical (unpaired) electrons. The van der Waals surface area contributed by atoms with E-state index in [1.807, 2.05) is 19.1 Å². The number of nitrogens with zero attached hydrogens (tertiary/aromatic N) is 2. The normalized spacial score (nSPS) is 14.5. The van der Waals surface area contributed by atoms with Crippen LogP contribution in [0.4, 0.5) is 5.69 Å². The Balaban J connectivity index is 1.65. The Morgan fingerprint density at radius 3 is 2.93 bits per heavy atom. The lowest BCUT2D eigenvalue weighted by Gasteiger charge is -2.17. The molecule has 0 bridgehead atoms. The highest BCUT2D eigenvalue weighted by Crippen LogP contribution is 2.33. The molecule has 0 aliphatic heterocycles. The molecule has 146 valence electrons. The van der Waals surface area contributed by atoms with E-state index in [0.29, 0.717) is 23.4 Å². The Bertz CT molecular complexity index is 1090. The standard InChI is InChI=1S/C21H23N3O3S/c1-3-27-16-10-6-5-9-15(16)23-19(25)13(2)24-12-22-20-18(21(24)26)14-8-4-7-11-17(14)28-20/h5-6,9-10,12-13H,3-4,7-8,11H2,1-2H3,(H,23,25). The van der Waals surface area contributed by atoms with Crippen molar-refractivity contribution in [1.29, 1.82) is 0 Å². The van der Waals surface area contributed by atoms with Crippen LogP contribution in [-0.2, 0) is 17.6 Å². The summed E-state index contributed by atoms with van der Waals surface area (Å²) in [7, 11) is 0. The molecule has 28 heavy (non-hydrogen) atoms. The quantitative estimate of drug-likeness (QED) is 0.708. The number of carbonyl (C=O) groups is 1. The zero-order valence-electron chi connectivity index (χ0n) is 16.0. The van der Waals surface area contributed by atoms with Crippen LogP contribution >= 0.6 is 11.3 Å². The van der Waals surface area contributed by atoms with Crippen LogP contribution < -0.4 is 15.6 Å². The van der Waals surface area contributed by atoms with Gasteiger partial charge in [-0.3, -0.25) is 14.2 Å². The molecule has 0 fully saturated rings. The smallest absolute Gasteiger partial charge is 0.263 e. The fraction of sp³-hybridized carbons (Fsp3) is 0.381. The number of hydrogen-bond acceptors (Lipinski definition) is 5. The number of carbonyl (C=O) groups excluding carboxylic acids is 1. The fourth-order valence-corrected chi connectivity index (χ4v) is 4.87. The Kier molecular flexibility index (Phi) is 5.17. The molecule has 1 atom stereocenters. The largest absolute Gasteiger partial charge is 0.492 e. The summed E-state index contributed by atoms with van der Waals surface area (Å²) in [6.45, 7) is 4.11. The predicted molar refractivity (Wildman–Crippen MR) is 111 cm³/mol. The number of anilines is 1. The zero-order valence-corrected chi connectivity index (χ0v) is 16.8. The number of aromatic nitrogens is 2. The van der Waals surface area contributed by atoms with Gasteiger partial charge in [-0.25, -0.2) is 4.98 Å². The van der Waals surface area contributed by atoms with Crippen molar-refractivity contribution in [3.05, 3.63) is 51.4 Å². The van der Waals surface area contributed by atoms with Crippen molar-refractivity contribution >= 4 is 33.1 Å². The highest BCUT2D eigenvalue weighted by molar-refractivity contribution is 7.18. The van der Waals surface area contributed by atoms with Crippen LogP contribution in [0.5, 0.6) is 5.75 Å². The molecule has 0 spiro atoms. The number of amides is 1. The number of ether oxygens (including phenoxy) is 1. The molecule has 1 amide bonds. The lowest BCUT2D eigenvalue weighted by Crippen LogP contribution is -2.32. The molecule has 2 aromatic heterocycles. The number of para-hydroxylation sites is 2. The summed E-state index contributed by atoms with van der Waals surface area (Å²) >= 11 is 1.61. The van der Waals surface area contributed by atoms with Crippen LogP contribution in [0.15, 0.2) is 35.4 Å². The molecule has 0 saturated heterocycles. The van der Waals surface area contributed by atoms with Crippen LogP contribution in [0.2, 0.25) is 0 Å². The van der Waals surface area contributed by atoms with E-state index < -0.39 is 6.04 Å². The molecule has 6 nitrogen and oxygen atoms in total. The van der Waals surface area contributed by atoms with Gasteiger partial charge in [0.1, 0.15) is 16.6 Å². The summed E-state index contributed by atoms with van der Waals surface area (Å²) in [6.07, 6.45) is 5.67. The van der Waals surface area contributed by atoms with Crippen LogP contribution in [0, 0.1) is 0 Å². The molecule has 1 unspecified atom stereocenters. The third-order valence-corrected chi connectivity index (χ3v) is 6.34. The first-order valence-corrected chi connectivity index (χ1v) is 10.5. The lowest BCUT2D eigenvalue weighted by molar-refractivity contribution is -0.118. The molecule has 3 aromatic rings. The Morgan fingerprint density at radius 2 is 2.11 bits per heavy atom. The number of thiophene rings is 1. The molecule has 1 aromatic carbocycles. The molecule has 4 rings (SSSR count). The lowest BCUT2D eigenvalue weighted by atomic mass is 9.97. The van der Waals surface area contributed by atoms with Crippen LogP contribution in [-0.4, -0.2) is 22.1 Å². The van der Waals surface area contributed by atoms with Gasteiger partial charge in [0, 0.05) is 4.88 Å². The molecular weight excluding hydrogens is 374 g/mol. The molecule has 1 aliphatic carbocycles.